The molecule has 304 valence electrons. The summed E-state index contributed by atoms with van der Waals surface area (Å²) in [6.07, 6.45) is 9.59. The van der Waals surface area contributed by atoms with Gasteiger partial charge in [0, 0.05) is 68.9 Å². The topological polar surface area (TPSA) is 142 Å². The molecule has 2 N–H and O–H groups in total. The number of aliphatic imine (C=N–C) groups is 2. The number of likely N-dealkylation sites (tertiary alicyclic amines) is 1. The zero-order valence-corrected chi connectivity index (χ0v) is 35.0. The van der Waals surface area contributed by atoms with Crippen molar-refractivity contribution in [2.24, 2.45) is 15.9 Å². The van der Waals surface area contributed by atoms with Crippen LogP contribution < -0.4 is 10.6 Å². The number of carbonyl (C=O) groups excluding carboxylic acids is 4. The minimum atomic E-state index is -0.883. The van der Waals surface area contributed by atoms with Gasteiger partial charge in [-0.2, -0.15) is 0 Å². The van der Waals surface area contributed by atoms with Crippen molar-refractivity contribution in [3.63, 3.8) is 0 Å². The largest absolute Gasteiger partial charge is 0.453 e. The molecule has 2 aromatic carbocycles. The van der Waals surface area contributed by atoms with Crippen LogP contribution in [0.15, 0.2) is 101 Å². The molecular weight excluding hydrogens is 785 g/mol. The highest BCUT2D eigenvalue weighted by Crippen LogP contribution is 2.42. The Morgan fingerprint density at radius 1 is 0.763 bits per heavy atom. The molecule has 4 amide bonds. The third-order valence-electron chi connectivity index (χ3n) is 11.3. The fourth-order valence-electron chi connectivity index (χ4n) is 8.16. The van der Waals surface area contributed by atoms with Crippen molar-refractivity contribution in [3.8, 4) is 10.4 Å². The molecule has 4 atom stereocenters. The van der Waals surface area contributed by atoms with Crippen LogP contribution in [0.5, 0.6) is 0 Å². The van der Waals surface area contributed by atoms with E-state index in [0.717, 1.165) is 51.4 Å². The molecule has 12 nitrogen and oxygen atoms in total. The van der Waals surface area contributed by atoms with E-state index in [0.29, 0.717) is 31.5 Å². The summed E-state index contributed by atoms with van der Waals surface area (Å²) in [6.45, 7) is 4.90. The maximum Gasteiger partial charge on any atom is 0.407 e. The second kappa shape index (κ2) is 17.2. The molecule has 4 aliphatic heterocycles. The first-order chi connectivity index (χ1) is 28.6. The van der Waals surface area contributed by atoms with Crippen molar-refractivity contribution in [2.75, 3.05) is 27.3 Å². The number of carbonyl (C=O) groups is 4. The smallest absolute Gasteiger partial charge is 0.407 e. The van der Waals surface area contributed by atoms with E-state index in [-0.39, 0.29) is 29.8 Å². The summed E-state index contributed by atoms with van der Waals surface area (Å²) in [5.74, 6) is -0.402. The third-order valence-corrected chi connectivity index (χ3v) is 13.7. The second-order valence-electron chi connectivity index (χ2n) is 15.3. The first-order valence-electron chi connectivity index (χ1n) is 19.8. The molecule has 0 aliphatic carbocycles. The number of alkyl carbamates (subject to hydrolysis) is 2. The monoisotopic (exact) mass is 830 g/mol. The number of nitrogens with zero attached hydrogens (tertiary/aromatic N) is 4. The Bertz CT molecular complexity index is 2400. The van der Waals surface area contributed by atoms with Gasteiger partial charge in [0.25, 0.3) is 5.91 Å². The molecule has 1 fully saturated rings. The third kappa shape index (κ3) is 8.24. The molecule has 59 heavy (non-hydrogen) atoms. The SMILES string of the molecule is COC(=O)N[C@H](C(=O)N1CCC[C@H]1C1=NC=C(c2ccc(-c3cc4sc(C5=CN=C([C@@H]6C=CCN6C(=O)[C@H](NC(=O)OC)c6ccccc6)C5)cc4s3)cc2)C1)C(C)C. The van der Waals surface area contributed by atoms with Crippen LogP contribution in [-0.4, -0.2) is 90.7 Å². The fraction of sp³-hybridized carbons (Fsp3) is 0.333. The van der Waals surface area contributed by atoms with Crippen molar-refractivity contribution in [3.05, 3.63) is 107 Å². The summed E-state index contributed by atoms with van der Waals surface area (Å²) in [5, 5.41) is 5.44. The summed E-state index contributed by atoms with van der Waals surface area (Å²) in [4.78, 5) is 67.3. The van der Waals surface area contributed by atoms with Crippen LogP contribution >= 0.6 is 22.7 Å². The average molecular weight is 831 g/mol. The molecule has 2 aromatic heterocycles. The van der Waals surface area contributed by atoms with E-state index in [2.05, 4.69) is 47.0 Å². The zero-order valence-electron chi connectivity index (χ0n) is 33.3. The molecule has 0 unspecified atom stereocenters. The van der Waals surface area contributed by atoms with Gasteiger partial charge in [-0.15, -0.1) is 22.7 Å². The molecule has 0 spiro atoms. The summed E-state index contributed by atoms with van der Waals surface area (Å²) in [6, 6.07) is 20.3. The van der Waals surface area contributed by atoms with E-state index in [4.69, 9.17) is 19.5 Å². The quantitative estimate of drug-likeness (QED) is 0.146. The number of fused-ring (bicyclic) bond motifs is 1. The Balaban J connectivity index is 0.884. The van der Waals surface area contributed by atoms with Gasteiger partial charge in [-0.1, -0.05) is 80.6 Å². The van der Waals surface area contributed by atoms with E-state index in [1.807, 2.05) is 73.6 Å². The number of thiophene rings is 2. The first-order valence-corrected chi connectivity index (χ1v) is 21.4. The summed E-state index contributed by atoms with van der Waals surface area (Å²) in [5.41, 5.74) is 7.04. The van der Waals surface area contributed by atoms with Crippen molar-refractivity contribution < 1.29 is 28.7 Å². The van der Waals surface area contributed by atoms with E-state index in [9.17, 15) is 19.2 Å². The molecular formula is C45H46N6O6S2. The van der Waals surface area contributed by atoms with Gasteiger partial charge >= 0.3 is 12.2 Å². The van der Waals surface area contributed by atoms with Gasteiger partial charge < -0.3 is 29.9 Å². The van der Waals surface area contributed by atoms with Crippen LogP contribution in [0.2, 0.25) is 0 Å². The van der Waals surface area contributed by atoms with Crippen LogP contribution in [0.25, 0.3) is 31.0 Å². The number of hydrogen-bond acceptors (Lipinski definition) is 10. The number of ether oxygens (including phenoxy) is 2. The van der Waals surface area contributed by atoms with Crippen molar-refractivity contribution in [2.45, 2.75) is 63.7 Å². The molecule has 4 aromatic rings. The first kappa shape index (κ1) is 39.9. The second-order valence-corrected chi connectivity index (χ2v) is 17.5. The van der Waals surface area contributed by atoms with Gasteiger partial charge in [-0.25, -0.2) is 9.59 Å². The molecule has 8 rings (SSSR count). The number of amides is 4. The molecule has 1 saturated heterocycles. The van der Waals surface area contributed by atoms with Crippen LogP contribution in [0.4, 0.5) is 9.59 Å². The lowest BCUT2D eigenvalue weighted by Gasteiger charge is -2.31. The summed E-state index contributed by atoms with van der Waals surface area (Å²) < 4.78 is 12.0. The van der Waals surface area contributed by atoms with E-state index >= 15 is 0 Å². The van der Waals surface area contributed by atoms with Crippen molar-refractivity contribution in [1.82, 2.24) is 20.4 Å². The summed E-state index contributed by atoms with van der Waals surface area (Å²) in [7, 11) is 2.59. The number of hydrogen-bond donors (Lipinski definition) is 2. The number of benzene rings is 2. The normalized spacial score (nSPS) is 19.7. The minimum Gasteiger partial charge on any atom is -0.453 e. The number of rotatable bonds is 11. The van der Waals surface area contributed by atoms with Gasteiger partial charge in [0.2, 0.25) is 5.91 Å². The van der Waals surface area contributed by atoms with Gasteiger partial charge in [0.15, 0.2) is 0 Å². The maximum atomic E-state index is 13.9. The molecule has 0 bridgehead atoms. The van der Waals surface area contributed by atoms with E-state index in [1.165, 1.54) is 28.5 Å². The van der Waals surface area contributed by atoms with Crippen LogP contribution in [-0.2, 0) is 19.1 Å². The lowest BCUT2D eigenvalue weighted by Crippen LogP contribution is -2.53. The molecule has 14 heteroatoms. The highest BCUT2D eigenvalue weighted by atomic mass is 32.1. The lowest BCUT2D eigenvalue weighted by molar-refractivity contribution is -0.134. The summed E-state index contributed by atoms with van der Waals surface area (Å²) >= 11 is 3.51. The van der Waals surface area contributed by atoms with Gasteiger partial charge in [0.1, 0.15) is 12.1 Å². The Morgan fingerprint density at radius 2 is 1.41 bits per heavy atom. The standard InChI is InChI=1S/C45H46N6O6S2/c1-26(2)40(48-44(54)56-3)42(52)50-18-8-12-34(50)32-20-30(24-46-32)27-14-16-28(17-15-27)36-22-38-39(58-36)23-37(59-38)31-21-33(47-25-31)35-13-9-19-51(35)43(53)41(49-45(55)57-4)29-10-6-5-7-11-29/h5-7,9-11,13-17,22-26,34-35,40-41H,8,12,18-21H2,1-4H3,(H,48,54)(H,49,55)/t34-,35-,40-,41+/m0/s1. The molecule has 4 aliphatic rings. The highest BCUT2D eigenvalue weighted by molar-refractivity contribution is 7.30. The van der Waals surface area contributed by atoms with Crippen molar-refractivity contribution >= 4 is 78.6 Å². The highest BCUT2D eigenvalue weighted by Gasteiger charge is 2.39. The zero-order chi connectivity index (χ0) is 41.2. The van der Waals surface area contributed by atoms with Crippen LogP contribution in [0.3, 0.4) is 0 Å². The average Bonchev–Trinajstić information content (AvgIpc) is 4.10. The predicted molar refractivity (Wildman–Crippen MR) is 233 cm³/mol. The van der Waals surface area contributed by atoms with E-state index in [1.54, 1.807) is 27.6 Å². The lowest BCUT2D eigenvalue weighted by atomic mass is 9.97. The van der Waals surface area contributed by atoms with E-state index < -0.39 is 24.3 Å². The van der Waals surface area contributed by atoms with Gasteiger partial charge in [-0.3, -0.25) is 19.6 Å². The Hall–Kier alpha value is -5.86. The van der Waals surface area contributed by atoms with Gasteiger partial charge in [0.05, 0.1) is 26.3 Å². The Morgan fingerprint density at radius 3 is 2.14 bits per heavy atom. The van der Waals surface area contributed by atoms with Crippen molar-refractivity contribution in [1.29, 1.82) is 0 Å². The maximum absolute atomic E-state index is 13.9. The fourth-order valence-corrected chi connectivity index (χ4v) is 10.6. The minimum absolute atomic E-state index is 0.0831. The number of methoxy groups -OCH3 is 2. The number of nitrogens with one attached hydrogen (secondary N) is 2. The predicted octanol–water partition coefficient (Wildman–Crippen LogP) is 8.24. The van der Waals surface area contributed by atoms with Crippen LogP contribution in [0, 0.1) is 5.92 Å². The Kier molecular flexibility index (Phi) is 11.6. The molecule has 6 heterocycles. The molecule has 0 saturated carbocycles. The number of allylic oxidation sites excluding steroid dienone is 2. The van der Waals surface area contributed by atoms with Crippen LogP contribution in [0.1, 0.15) is 61.6 Å². The van der Waals surface area contributed by atoms with Gasteiger partial charge in [-0.05, 0) is 58.7 Å². The molecule has 0 radical (unpaired) electrons. The Labute approximate surface area is 351 Å².